The Labute approximate surface area is 115 Å². The SMILES string of the molecule is CC(=O)NC(C(N)=NC(C)C(=O)NC(C)C)C(C)C. The number of nitrogens with two attached hydrogens (primary N) is 1. The molecule has 0 spiro atoms. The Kier molecular flexibility index (Phi) is 7.11. The number of amides is 2. The molecule has 0 aromatic carbocycles. The van der Waals surface area contributed by atoms with Crippen molar-refractivity contribution in [1.82, 2.24) is 10.6 Å². The molecule has 0 rings (SSSR count). The molecule has 0 heterocycles. The van der Waals surface area contributed by atoms with Crippen LogP contribution < -0.4 is 16.4 Å². The van der Waals surface area contributed by atoms with Gasteiger partial charge in [0.2, 0.25) is 11.8 Å². The average molecular weight is 270 g/mol. The molecule has 0 fully saturated rings. The van der Waals surface area contributed by atoms with Crippen LogP contribution in [-0.4, -0.2) is 35.8 Å². The summed E-state index contributed by atoms with van der Waals surface area (Å²) in [6.07, 6.45) is 0. The quantitative estimate of drug-likeness (QED) is 0.482. The summed E-state index contributed by atoms with van der Waals surface area (Å²) >= 11 is 0. The molecule has 0 aliphatic heterocycles. The number of aliphatic imine (C=N–C) groups is 1. The van der Waals surface area contributed by atoms with E-state index < -0.39 is 6.04 Å². The van der Waals surface area contributed by atoms with Gasteiger partial charge in [-0.15, -0.1) is 0 Å². The Morgan fingerprint density at radius 1 is 1.05 bits per heavy atom. The second-order valence-electron chi connectivity index (χ2n) is 5.32. The van der Waals surface area contributed by atoms with Gasteiger partial charge in [-0.1, -0.05) is 13.8 Å². The summed E-state index contributed by atoms with van der Waals surface area (Å²) in [4.78, 5) is 27.0. The molecule has 0 aromatic heterocycles. The molecule has 6 heteroatoms. The number of hydrogen-bond acceptors (Lipinski definition) is 3. The van der Waals surface area contributed by atoms with Gasteiger partial charge in [0.1, 0.15) is 11.9 Å². The molecule has 0 aliphatic rings. The molecule has 0 saturated carbocycles. The predicted octanol–water partition coefficient (Wildman–Crippen LogP) is 0.417. The van der Waals surface area contributed by atoms with Crippen LogP contribution >= 0.6 is 0 Å². The largest absolute Gasteiger partial charge is 0.386 e. The van der Waals surface area contributed by atoms with Crippen molar-refractivity contribution in [2.24, 2.45) is 16.6 Å². The summed E-state index contributed by atoms with van der Waals surface area (Å²) in [5, 5.41) is 5.51. The highest BCUT2D eigenvalue weighted by Crippen LogP contribution is 2.03. The summed E-state index contributed by atoms with van der Waals surface area (Å²) < 4.78 is 0. The number of amidine groups is 1. The zero-order valence-electron chi connectivity index (χ0n) is 12.7. The number of nitrogens with zero attached hydrogens (tertiary/aromatic N) is 1. The van der Waals surface area contributed by atoms with Gasteiger partial charge in [0.15, 0.2) is 0 Å². The van der Waals surface area contributed by atoms with Gasteiger partial charge in [-0.05, 0) is 26.7 Å². The van der Waals surface area contributed by atoms with Gasteiger partial charge >= 0.3 is 0 Å². The zero-order valence-corrected chi connectivity index (χ0v) is 12.7. The summed E-state index contributed by atoms with van der Waals surface area (Å²) in [5.41, 5.74) is 5.89. The van der Waals surface area contributed by atoms with Crippen molar-refractivity contribution in [2.75, 3.05) is 0 Å². The molecule has 0 saturated heterocycles. The second kappa shape index (κ2) is 7.76. The van der Waals surface area contributed by atoms with Gasteiger partial charge in [0.25, 0.3) is 0 Å². The Morgan fingerprint density at radius 3 is 1.95 bits per heavy atom. The Hall–Kier alpha value is -1.59. The van der Waals surface area contributed by atoms with Crippen LogP contribution in [0.1, 0.15) is 41.5 Å². The molecule has 0 aliphatic carbocycles. The minimum Gasteiger partial charge on any atom is -0.386 e. The number of rotatable bonds is 6. The molecule has 0 radical (unpaired) electrons. The third-order valence-corrected chi connectivity index (χ3v) is 2.50. The lowest BCUT2D eigenvalue weighted by Gasteiger charge is -2.22. The van der Waals surface area contributed by atoms with Gasteiger partial charge in [0, 0.05) is 13.0 Å². The first-order chi connectivity index (χ1) is 8.65. The number of carbonyl (C=O) groups excluding carboxylic acids is 2. The molecule has 2 amide bonds. The van der Waals surface area contributed by atoms with E-state index in [1.165, 1.54) is 6.92 Å². The van der Waals surface area contributed by atoms with E-state index in [9.17, 15) is 9.59 Å². The first-order valence-electron chi connectivity index (χ1n) is 6.55. The highest BCUT2D eigenvalue weighted by Gasteiger charge is 2.21. The smallest absolute Gasteiger partial charge is 0.244 e. The number of nitrogens with one attached hydrogen (secondary N) is 2. The van der Waals surface area contributed by atoms with E-state index in [1.54, 1.807) is 6.92 Å². The van der Waals surface area contributed by atoms with E-state index >= 15 is 0 Å². The molecule has 2 atom stereocenters. The van der Waals surface area contributed by atoms with E-state index in [0.29, 0.717) is 0 Å². The molecule has 6 nitrogen and oxygen atoms in total. The van der Waals surface area contributed by atoms with Gasteiger partial charge in [0.05, 0.1) is 6.04 Å². The fourth-order valence-electron chi connectivity index (χ4n) is 1.57. The van der Waals surface area contributed by atoms with Crippen molar-refractivity contribution in [1.29, 1.82) is 0 Å². The van der Waals surface area contributed by atoms with Crippen molar-refractivity contribution in [3.8, 4) is 0 Å². The minimum atomic E-state index is -0.572. The van der Waals surface area contributed by atoms with Gasteiger partial charge in [-0.2, -0.15) is 0 Å². The molecule has 4 N–H and O–H groups in total. The highest BCUT2D eigenvalue weighted by atomic mass is 16.2. The molecule has 0 bridgehead atoms. The lowest BCUT2D eigenvalue weighted by Crippen LogP contribution is -2.48. The van der Waals surface area contributed by atoms with Crippen LogP contribution in [-0.2, 0) is 9.59 Å². The summed E-state index contributed by atoms with van der Waals surface area (Å²) in [7, 11) is 0. The van der Waals surface area contributed by atoms with E-state index in [0.717, 1.165) is 0 Å². The van der Waals surface area contributed by atoms with Gasteiger partial charge in [-0.25, -0.2) is 0 Å². The van der Waals surface area contributed by atoms with E-state index in [4.69, 9.17) is 5.73 Å². The van der Waals surface area contributed by atoms with Gasteiger partial charge < -0.3 is 16.4 Å². The highest BCUT2D eigenvalue weighted by molar-refractivity contribution is 5.92. The normalized spacial score (nSPS) is 15.3. The van der Waals surface area contributed by atoms with Crippen LogP contribution in [0.2, 0.25) is 0 Å². The van der Waals surface area contributed by atoms with Crippen molar-refractivity contribution < 1.29 is 9.59 Å². The maximum absolute atomic E-state index is 11.7. The van der Waals surface area contributed by atoms with E-state index in [1.807, 2.05) is 27.7 Å². The lowest BCUT2D eigenvalue weighted by molar-refractivity contribution is -0.122. The van der Waals surface area contributed by atoms with E-state index in [2.05, 4.69) is 15.6 Å². The third-order valence-electron chi connectivity index (χ3n) is 2.50. The topological polar surface area (TPSA) is 96.6 Å². The fraction of sp³-hybridized carbons (Fsp3) is 0.769. The summed E-state index contributed by atoms with van der Waals surface area (Å²) in [6.45, 7) is 10.7. The lowest BCUT2D eigenvalue weighted by atomic mass is 10.0. The first kappa shape index (κ1) is 17.4. The average Bonchev–Trinajstić information content (AvgIpc) is 2.23. The third kappa shape index (κ3) is 6.79. The maximum atomic E-state index is 11.7. The van der Waals surface area contributed by atoms with Crippen LogP contribution in [0.25, 0.3) is 0 Å². The Bertz CT molecular complexity index is 351. The standard InChI is InChI=1S/C13H26N4O2/c1-7(2)11(17-10(6)18)12(14)16-9(5)13(19)15-8(3)4/h7-9,11H,1-6H3,(H2,14,16)(H,15,19)(H,17,18). The molecule has 0 aromatic rings. The van der Waals surface area contributed by atoms with Crippen LogP contribution in [0, 0.1) is 5.92 Å². The minimum absolute atomic E-state index is 0.0580. The van der Waals surface area contributed by atoms with Crippen LogP contribution in [0.4, 0.5) is 0 Å². The fourth-order valence-corrected chi connectivity index (χ4v) is 1.57. The predicted molar refractivity (Wildman–Crippen MR) is 76.8 cm³/mol. The Balaban J connectivity index is 4.82. The summed E-state index contributed by atoms with van der Waals surface area (Å²) in [5.74, 6) is 0.0315. The zero-order chi connectivity index (χ0) is 15.2. The Morgan fingerprint density at radius 2 is 1.58 bits per heavy atom. The van der Waals surface area contributed by atoms with Crippen molar-refractivity contribution in [2.45, 2.75) is 59.7 Å². The van der Waals surface area contributed by atoms with Crippen LogP contribution in [0.5, 0.6) is 0 Å². The molecule has 19 heavy (non-hydrogen) atoms. The number of hydrogen-bond donors (Lipinski definition) is 3. The molecule has 2 unspecified atom stereocenters. The van der Waals surface area contributed by atoms with Crippen molar-refractivity contribution in [3.63, 3.8) is 0 Å². The molecule has 110 valence electrons. The first-order valence-corrected chi connectivity index (χ1v) is 6.55. The van der Waals surface area contributed by atoms with Crippen LogP contribution in [0.3, 0.4) is 0 Å². The van der Waals surface area contributed by atoms with Gasteiger partial charge in [-0.3, -0.25) is 14.6 Å². The van der Waals surface area contributed by atoms with E-state index in [-0.39, 0.29) is 35.7 Å². The van der Waals surface area contributed by atoms with Crippen molar-refractivity contribution in [3.05, 3.63) is 0 Å². The monoisotopic (exact) mass is 270 g/mol. The van der Waals surface area contributed by atoms with Crippen LogP contribution in [0.15, 0.2) is 4.99 Å². The van der Waals surface area contributed by atoms with Crippen molar-refractivity contribution >= 4 is 17.6 Å². The molecular formula is C13H26N4O2. The number of carbonyl (C=O) groups is 2. The second-order valence-corrected chi connectivity index (χ2v) is 5.32. The maximum Gasteiger partial charge on any atom is 0.244 e. The summed E-state index contributed by atoms with van der Waals surface area (Å²) in [6, 6.07) is -0.869. The molecular weight excluding hydrogens is 244 g/mol.